The summed E-state index contributed by atoms with van der Waals surface area (Å²) in [6.45, 7) is 3.08. The molecule has 8 nitrogen and oxygen atoms in total. The van der Waals surface area contributed by atoms with Crippen molar-refractivity contribution in [1.82, 2.24) is 25.1 Å². The largest absolute Gasteiger partial charge is 0.480 e. The predicted octanol–water partition coefficient (Wildman–Crippen LogP) is 2.16. The number of likely N-dealkylation sites (N-methyl/N-ethyl adjacent to an activating group) is 1. The number of hydrogen-bond donors (Lipinski definition) is 3. The standard InChI is InChI=1S/C20H27N5O3/c1-3-25(13-19(26)27)16-9-15(10-16)22-20(28)24(2)12-18-21-11-17(23-18)14-7-5-4-6-8-14/h4-8,11,15-16H,3,9-10,12-13H2,1-2H3,(H,21,23)(H,22,28)(H,26,27). The molecule has 3 rings (SSSR count). The number of amides is 2. The van der Waals surface area contributed by atoms with Crippen LogP contribution in [0.1, 0.15) is 25.6 Å². The first-order valence-electron chi connectivity index (χ1n) is 9.53. The third kappa shape index (κ3) is 4.89. The van der Waals surface area contributed by atoms with Crippen molar-refractivity contribution in [1.29, 1.82) is 0 Å². The average Bonchev–Trinajstić information content (AvgIpc) is 3.11. The maximum absolute atomic E-state index is 12.4. The minimum absolute atomic E-state index is 0.0456. The van der Waals surface area contributed by atoms with Gasteiger partial charge in [-0.15, -0.1) is 0 Å². The molecule has 150 valence electrons. The lowest BCUT2D eigenvalue weighted by atomic mass is 9.85. The number of imidazole rings is 1. The molecule has 1 heterocycles. The number of carboxylic acids is 1. The highest BCUT2D eigenvalue weighted by Crippen LogP contribution is 2.25. The summed E-state index contributed by atoms with van der Waals surface area (Å²) in [4.78, 5) is 34.5. The number of nitrogens with zero attached hydrogens (tertiary/aromatic N) is 3. The maximum atomic E-state index is 12.4. The first-order chi connectivity index (χ1) is 13.5. The van der Waals surface area contributed by atoms with Crippen molar-refractivity contribution >= 4 is 12.0 Å². The van der Waals surface area contributed by atoms with Crippen molar-refractivity contribution in [2.45, 2.75) is 38.4 Å². The van der Waals surface area contributed by atoms with Gasteiger partial charge in [-0.3, -0.25) is 9.69 Å². The number of aliphatic carboxylic acids is 1. The zero-order valence-electron chi connectivity index (χ0n) is 16.3. The molecule has 1 aromatic carbocycles. The monoisotopic (exact) mass is 385 g/mol. The van der Waals surface area contributed by atoms with E-state index in [9.17, 15) is 9.59 Å². The third-order valence-electron chi connectivity index (χ3n) is 5.15. The van der Waals surface area contributed by atoms with Gasteiger partial charge in [-0.1, -0.05) is 37.3 Å². The quantitative estimate of drug-likeness (QED) is 0.646. The average molecular weight is 385 g/mol. The summed E-state index contributed by atoms with van der Waals surface area (Å²) in [5.74, 6) is -0.0935. The van der Waals surface area contributed by atoms with Crippen LogP contribution in [0.4, 0.5) is 4.79 Å². The molecule has 2 amide bonds. The molecule has 1 fully saturated rings. The van der Waals surface area contributed by atoms with E-state index in [0.717, 1.165) is 29.9 Å². The second kappa shape index (κ2) is 8.88. The molecular formula is C20H27N5O3. The normalized spacial score (nSPS) is 18.5. The molecule has 0 unspecified atom stereocenters. The number of H-pyrrole nitrogens is 1. The van der Waals surface area contributed by atoms with E-state index < -0.39 is 5.97 Å². The van der Waals surface area contributed by atoms with Crippen LogP contribution < -0.4 is 5.32 Å². The number of rotatable bonds is 8. The molecule has 0 spiro atoms. The minimum atomic E-state index is -0.817. The summed E-state index contributed by atoms with van der Waals surface area (Å²) >= 11 is 0. The lowest BCUT2D eigenvalue weighted by molar-refractivity contribution is -0.139. The van der Waals surface area contributed by atoms with Gasteiger partial charge in [0.1, 0.15) is 5.82 Å². The number of aromatic amines is 1. The van der Waals surface area contributed by atoms with Crippen LogP contribution in [-0.2, 0) is 11.3 Å². The van der Waals surface area contributed by atoms with Crippen LogP contribution in [0.25, 0.3) is 11.3 Å². The van der Waals surface area contributed by atoms with Crippen molar-refractivity contribution in [3.8, 4) is 11.3 Å². The summed E-state index contributed by atoms with van der Waals surface area (Å²) in [7, 11) is 1.74. The van der Waals surface area contributed by atoms with Gasteiger partial charge in [0.2, 0.25) is 0 Å². The van der Waals surface area contributed by atoms with Crippen LogP contribution in [0.2, 0.25) is 0 Å². The summed E-state index contributed by atoms with van der Waals surface area (Å²) in [5.41, 5.74) is 1.97. The Morgan fingerprint density at radius 2 is 2.00 bits per heavy atom. The molecule has 1 aliphatic carbocycles. The number of hydrogen-bond acceptors (Lipinski definition) is 4. The van der Waals surface area contributed by atoms with Crippen molar-refractivity contribution < 1.29 is 14.7 Å². The summed E-state index contributed by atoms with van der Waals surface area (Å²) in [6.07, 6.45) is 3.33. The fourth-order valence-corrected chi connectivity index (χ4v) is 3.47. The highest BCUT2D eigenvalue weighted by molar-refractivity contribution is 5.74. The van der Waals surface area contributed by atoms with Crippen LogP contribution in [0.3, 0.4) is 0 Å². The molecule has 0 bridgehead atoms. The Labute approximate surface area is 164 Å². The summed E-state index contributed by atoms with van der Waals surface area (Å²) < 4.78 is 0. The van der Waals surface area contributed by atoms with E-state index >= 15 is 0 Å². The van der Waals surface area contributed by atoms with Crippen molar-refractivity contribution in [2.75, 3.05) is 20.1 Å². The molecule has 1 saturated carbocycles. The number of carbonyl (C=O) groups excluding carboxylic acids is 1. The Morgan fingerprint density at radius 1 is 1.29 bits per heavy atom. The Morgan fingerprint density at radius 3 is 2.64 bits per heavy atom. The van der Waals surface area contributed by atoms with Gasteiger partial charge in [0, 0.05) is 19.1 Å². The molecule has 1 aliphatic rings. The molecule has 2 aromatic rings. The second-order valence-electron chi connectivity index (χ2n) is 7.19. The highest BCUT2D eigenvalue weighted by atomic mass is 16.4. The van der Waals surface area contributed by atoms with E-state index in [4.69, 9.17) is 5.11 Å². The van der Waals surface area contributed by atoms with Crippen LogP contribution in [0, 0.1) is 0 Å². The Hall–Kier alpha value is -2.87. The van der Waals surface area contributed by atoms with Gasteiger partial charge in [-0.05, 0) is 24.9 Å². The summed E-state index contributed by atoms with van der Waals surface area (Å²) in [6, 6.07) is 10.1. The van der Waals surface area contributed by atoms with Gasteiger partial charge in [0.25, 0.3) is 0 Å². The van der Waals surface area contributed by atoms with Gasteiger partial charge in [0.15, 0.2) is 0 Å². The molecule has 3 N–H and O–H groups in total. The Bertz CT molecular complexity index is 801. The van der Waals surface area contributed by atoms with Crippen molar-refractivity contribution in [2.24, 2.45) is 0 Å². The molecule has 8 heteroatoms. The highest BCUT2D eigenvalue weighted by Gasteiger charge is 2.35. The number of aromatic nitrogens is 2. The van der Waals surface area contributed by atoms with Gasteiger partial charge >= 0.3 is 12.0 Å². The molecule has 0 saturated heterocycles. The van der Waals surface area contributed by atoms with E-state index in [1.54, 1.807) is 18.1 Å². The Kier molecular flexibility index (Phi) is 6.30. The lowest BCUT2D eigenvalue weighted by Gasteiger charge is -2.42. The SMILES string of the molecule is CCN(CC(=O)O)C1CC(NC(=O)N(C)Cc2ncc(-c3ccccc3)[nH]2)C1. The zero-order chi connectivity index (χ0) is 20.1. The van der Waals surface area contributed by atoms with Crippen molar-refractivity contribution in [3.63, 3.8) is 0 Å². The first kappa shape index (κ1) is 19.9. The summed E-state index contributed by atoms with van der Waals surface area (Å²) in [5, 5.41) is 12.0. The van der Waals surface area contributed by atoms with Gasteiger partial charge in [-0.2, -0.15) is 0 Å². The van der Waals surface area contributed by atoms with Crippen LogP contribution in [0.15, 0.2) is 36.5 Å². The van der Waals surface area contributed by atoms with Crippen LogP contribution in [0.5, 0.6) is 0 Å². The van der Waals surface area contributed by atoms with E-state index in [0.29, 0.717) is 13.1 Å². The third-order valence-corrected chi connectivity index (χ3v) is 5.15. The fraction of sp³-hybridized carbons (Fsp3) is 0.450. The second-order valence-corrected chi connectivity index (χ2v) is 7.19. The number of urea groups is 1. The van der Waals surface area contributed by atoms with E-state index in [2.05, 4.69) is 15.3 Å². The molecule has 0 atom stereocenters. The minimum Gasteiger partial charge on any atom is -0.480 e. The number of carboxylic acid groups (broad SMARTS) is 1. The van der Waals surface area contributed by atoms with Crippen LogP contribution in [-0.4, -0.2) is 69.1 Å². The molecule has 1 aromatic heterocycles. The van der Waals surface area contributed by atoms with Crippen molar-refractivity contribution in [3.05, 3.63) is 42.4 Å². The number of benzene rings is 1. The van der Waals surface area contributed by atoms with Gasteiger partial charge in [0.05, 0.1) is 25.0 Å². The molecule has 0 aliphatic heterocycles. The van der Waals surface area contributed by atoms with Gasteiger partial charge in [-0.25, -0.2) is 9.78 Å². The number of carbonyl (C=O) groups is 2. The van der Waals surface area contributed by atoms with E-state index in [1.165, 1.54) is 0 Å². The first-order valence-corrected chi connectivity index (χ1v) is 9.53. The molecule has 28 heavy (non-hydrogen) atoms. The fourth-order valence-electron chi connectivity index (χ4n) is 3.47. The van der Waals surface area contributed by atoms with E-state index in [1.807, 2.05) is 42.2 Å². The maximum Gasteiger partial charge on any atom is 0.317 e. The molecule has 0 radical (unpaired) electrons. The molecular weight excluding hydrogens is 358 g/mol. The lowest BCUT2D eigenvalue weighted by Crippen LogP contribution is -2.56. The topological polar surface area (TPSA) is 102 Å². The Balaban J connectivity index is 1.46. The van der Waals surface area contributed by atoms with Crippen LogP contribution >= 0.6 is 0 Å². The van der Waals surface area contributed by atoms with E-state index in [-0.39, 0.29) is 24.7 Å². The zero-order valence-corrected chi connectivity index (χ0v) is 16.3. The smallest absolute Gasteiger partial charge is 0.317 e. The number of nitrogens with one attached hydrogen (secondary N) is 2. The predicted molar refractivity (Wildman–Crippen MR) is 106 cm³/mol. The van der Waals surface area contributed by atoms with Gasteiger partial charge < -0.3 is 20.3 Å².